The molecule has 0 radical (unpaired) electrons. The summed E-state index contributed by atoms with van der Waals surface area (Å²) in [5.41, 5.74) is 1.43. The van der Waals surface area contributed by atoms with Crippen molar-refractivity contribution in [2.45, 2.75) is 25.5 Å². The highest BCUT2D eigenvalue weighted by Gasteiger charge is 2.12. The van der Waals surface area contributed by atoms with Crippen LogP contribution in [0.1, 0.15) is 24.6 Å². The molecule has 0 bridgehead atoms. The number of aromatic nitrogens is 2. The van der Waals surface area contributed by atoms with E-state index in [2.05, 4.69) is 29.7 Å². The van der Waals surface area contributed by atoms with Crippen LogP contribution in [0.25, 0.3) is 0 Å². The molecular formula is C11H18N4S. The molecule has 0 saturated heterocycles. The van der Waals surface area contributed by atoms with Crippen LogP contribution in [0, 0.1) is 18.3 Å². The number of nitriles is 1. The van der Waals surface area contributed by atoms with Gasteiger partial charge in [-0.25, -0.2) is 0 Å². The highest BCUT2D eigenvalue weighted by atomic mass is 32.2. The van der Waals surface area contributed by atoms with Crippen LogP contribution in [-0.4, -0.2) is 27.8 Å². The van der Waals surface area contributed by atoms with Gasteiger partial charge in [0, 0.05) is 18.8 Å². The van der Waals surface area contributed by atoms with Crippen molar-refractivity contribution < 1.29 is 0 Å². The number of rotatable bonds is 5. The molecule has 1 aromatic rings. The fourth-order valence-corrected chi connectivity index (χ4v) is 1.86. The summed E-state index contributed by atoms with van der Waals surface area (Å²) in [6, 6.07) is 2.19. The number of anilines is 1. The van der Waals surface area contributed by atoms with E-state index in [-0.39, 0.29) is 0 Å². The van der Waals surface area contributed by atoms with Gasteiger partial charge in [-0.2, -0.15) is 22.1 Å². The fourth-order valence-electron chi connectivity index (χ4n) is 1.51. The zero-order chi connectivity index (χ0) is 12.1. The fraction of sp³-hybridized carbons (Fsp3) is 0.636. The summed E-state index contributed by atoms with van der Waals surface area (Å²) in [4.78, 5) is 0. The van der Waals surface area contributed by atoms with Crippen molar-refractivity contribution in [1.29, 1.82) is 5.26 Å². The molecule has 1 rings (SSSR count). The zero-order valence-corrected chi connectivity index (χ0v) is 11.1. The number of hydrogen-bond acceptors (Lipinski definition) is 4. The molecule has 0 aromatic carbocycles. The summed E-state index contributed by atoms with van der Waals surface area (Å²) in [6.45, 7) is 4.93. The summed E-state index contributed by atoms with van der Waals surface area (Å²) in [7, 11) is 1.86. The number of nitrogens with zero attached hydrogens (tertiary/aromatic N) is 3. The van der Waals surface area contributed by atoms with E-state index >= 15 is 0 Å². The minimum atomic E-state index is 0.632. The van der Waals surface area contributed by atoms with E-state index in [0.29, 0.717) is 10.8 Å². The molecule has 0 amide bonds. The summed E-state index contributed by atoms with van der Waals surface area (Å²) >= 11 is 1.85. The Morgan fingerprint density at radius 2 is 2.31 bits per heavy atom. The maximum atomic E-state index is 9.02. The van der Waals surface area contributed by atoms with Gasteiger partial charge in [-0.15, -0.1) is 0 Å². The van der Waals surface area contributed by atoms with Gasteiger partial charge in [-0.05, 0) is 19.6 Å². The number of nitrogens with one attached hydrogen (secondary N) is 1. The molecule has 0 aliphatic rings. The summed E-state index contributed by atoms with van der Waals surface area (Å²) in [6.07, 6.45) is 3.19. The van der Waals surface area contributed by atoms with Crippen molar-refractivity contribution in [3.05, 3.63) is 11.3 Å². The van der Waals surface area contributed by atoms with Crippen molar-refractivity contribution in [2.24, 2.45) is 7.05 Å². The van der Waals surface area contributed by atoms with Crippen LogP contribution >= 0.6 is 11.8 Å². The zero-order valence-electron chi connectivity index (χ0n) is 10.2. The van der Waals surface area contributed by atoms with Crippen molar-refractivity contribution in [1.82, 2.24) is 9.78 Å². The first kappa shape index (κ1) is 12.9. The van der Waals surface area contributed by atoms with E-state index in [1.807, 2.05) is 25.7 Å². The van der Waals surface area contributed by atoms with Crippen LogP contribution in [0.2, 0.25) is 0 Å². The van der Waals surface area contributed by atoms with E-state index in [4.69, 9.17) is 5.26 Å². The molecule has 16 heavy (non-hydrogen) atoms. The first-order valence-electron chi connectivity index (χ1n) is 5.30. The van der Waals surface area contributed by atoms with E-state index in [1.165, 1.54) is 0 Å². The van der Waals surface area contributed by atoms with E-state index < -0.39 is 0 Å². The lowest BCUT2D eigenvalue weighted by Crippen LogP contribution is -2.11. The largest absolute Gasteiger partial charge is 0.369 e. The molecule has 0 aliphatic carbocycles. The minimum Gasteiger partial charge on any atom is -0.369 e. The van der Waals surface area contributed by atoms with E-state index in [9.17, 15) is 0 Å². The number of hydrogen-bond donors (Lipinski definition) is 1. The van der Waals surface area contributed by atoms with Gasteiger partial charge in [0.1, 0.15) is 17.5 Å². The van der Waals surface area contributed by atoms with Gasteiger partial charge in [0.05, 0.1) is 5.69 Å². The van der Waals surface area contributed by atoms with Crippen LogP contribution < -0.4 is 5.32 Å². The van der Waals surface area contributed by atoms with E-state index in [0.717, 1.165) is 24.5 Å². The predicted octanol–water partition coefficient (Wildman–Crippen LogP) is 2.15. The topological polar surface area (TPSA) is 53.6 Å². The first-order valence-corrected chi connectivity index (χ1v) is 6.59. The van der Waals surface area contributed by atoms with Gasteiger partial charge in [0.15, 0.2) is 0 Å². The predicted molar refractivity (Wildman–Crippen MR) is 68.7 cm³/mol. The highest BCUT2D eigenvalue weighted by molar-refractivity contribution is 7.99. The van der Waals surface area contributed by atoms with Gasteiger partial charge in [0.2, 0.25) is 0 Å². The van der Waals surface area contributed by atoms with Crippen LogP contribution in [0.3, 0.4) is 0 Å². The molecule has 1 N–H and O–H groups in total. The first-order chi connectivity index (χ1) is 7.60. The molecule has 4 nitrogen and oxygen atoms in total. The Morgan fingerprint density at radius 3 is 2.88 bits per heavy atom. The monoisotopic (exact) mass is 238 g/mol. The standard InChI is InChI=1S/C11H18N4S/c1-8(16-4)5-6-13-11-10(7-12)9(2)14-15(11)3/h8,13H,5-6H2,1-4H3. The van der Waals surface area contributed by atoms with Gasteiger partial charge in [-0.3, -0.25) is 4.68 Å². The summed E-state index contributed by atoms with van der Waals surface area (Å²) in [5, 5.41) is 17.2. The van der Waals surface area contributed by atoms with Gasteiger partial charge < -0.3 is 5.32 Å². The molecule has 5 heteroatoms. The molecule has 1 aromatic heterocycles. The van der Waals surface area contributed by atoms with Gasteiger partial charge >= 0.3 is 0 Å². The second-order valence-corrected chi connectivity index (χ2v) is 5.08. The maximum Gasteiger partial charge on any atom is 0.142 e. The van der Waals surface area contributed by atoms with Crippen molar-refractivity contribution >= 4 is 17.6 Å². The number of thioether (sulfide) groups is 1. The summed E-state index contributed by atoms with van der Waals surface area (Å²) < 4.78 is 1.73. The van der Waals surface area contributed by atoms with Gasteiger partial charge in [-0.1, -0.05) is 6.92 Å². The average molecular weight is 238 g/mol. The smallest absolute Gasteiger partial charge is 0.142 e. The Balaban J connectivity index is 2.64. The molecule has 0 saturated carbocycles. The Morgan fingerprint density at radius 1 is 1.62 bits per heavy atom. The second kappa shape index (κ2) is 5.80. The molecule has 1 heterocycles. The Labute approximate surface area is 101 Å². The van der Waals surface area contributed by atoms with Crippen LogP contribution in [-0.2, 0) is 7.05 Å². The molecule has 0 aliphatic heterocycles. The second-order valence-electron chi connectivity index (χ2n) is 3.81. The molecular weight excluding hydrogens is 220 g/mol. The van der Waals surface area contributed by atoms with Crippen molar-refractivity contribution in [3.8, 4) is 6.07 Å². The van der Waals surface area contributed by atoms with Gasteiger partial charge in [0.25, 0.3) is 0 Å². The van der Waals surface area contributed by atoms with Crippen LogP contribution in [0.4, 0.5) is 5.82 Å². The normalized spacial score (nSPS) is 12.2. The Bertz CT molecular complexity index is 391. The Hall–Kier alpha value is -1.15. The lowest BCUT2D eigenvalue weighted by Gasteiger charge is -2.10. The summed E-state index contributed by atoms with van der Waals surface area (Å²) in [5.74, 6) is 0.827. The molecule has 1 atom stereocenters. The lowest BCUT2D eigenvalue weighted by molar-refractivity contribution is 0.750. The van der Waals surface area contributed by atoms with E-state index in [1.54, 1.807) is 4.68 Å². The minimum absolute atomic E-state index is 0.632. The lowest BCUT2D eigenvalue weighted by atomic mass is 10.2. The number of aryl methyl sites for hydroxylation is 2. The molecule has 1 unspecified atom stereocenters. The van der Waals surface area contributed by atoms with Crippen LogP contribution in [0.5, 0.6) is 0 Å². The average Bonchev–Trinajstić information content (AvgIpc) is 2.53. The Kier molecular flexibility index (Phi) is 4.69. The highest BCUT2D eigenvalue weighted by Crippen LogP contribution is 2.18. The van der Waals surface area contributed by atoms with Crippen molar-refractivity contribution in [2.75, 3.05) is 18.1 Å². The third-order valence-corrected chi connectivity index (χ3v) is 3.62. The maximum absolute atomic E-state index is 9.02. The van der Waals surface area contributed by atoms with Crippen molar-refractivity contribution in [3.63, 3.8) is 0 Å². The quantitative estimate of drug-likeness (QED) is 0.854. The molecule has 0 spiro atoms. The molecule has 88 valence electrons. The third kappa shape index (κ3) is 2.92. The third-order valence-electron chi connectivity index (χ3n) is 2.58. The van der Waals surface area contributed by atoms with Crippen LogP contribution in [0.15, 0.2) is 0 Å². The SMILES string of the molecule is CSC(C)CCNc1c(C#N)c(C)nn1C. The molecule has 0 fully saturated rings.